The van der Waals surface area contributed by atoms with Gasteiger partial charge in [0.2, 0.25) is 5.91 Å². The Bertz CT molecular complexity index is 1180. The molecule has 1 aromatic heterocycles. The molecule has 0 atom stereocenters. The van der Waals surface area contributed by atoms with Crippen LogP contribution in [0.2, 0.25) is 0 Å². The Balaban J connectivity index is 1.72. The van der Waals surface area contributed by atoms with Gasteiger partial charge in [-0.25, -0.2) is 13.4 Å². The first-order valence-electron chi connectivity index (χ1n) is 10.4. The van der Waals surface area contributed by atoms with Crippen LogP contribution >= 0.6 is 11.3 Å². The molecule has 0 aliphatic heterocycles. The van der Waals surface area contributed by atoms with Crippen LogP contribution in [0.1, 0.15) is 34.2 Å². The predicted octanol–water partition coefficient (Wildman–Crippen LogP) is 3.15. The van der Waals surface area contributed by atoms with Gasteiger partial charge in [0.15, 0.2) is 11.1 Å². The van der Waals surface area contributed by atoms with Crippen LogP contribution in [0.25, 0.3) is 0 Å². The topological polar surface area (TPSA) is 124 Å². The Morgan fingerprint density at radius 1 is 0.970 bits per heavy atom. The van der Waals surface area contributed by atoms with Crippen molar-refractivity contribution in [2.24, 2.45) is 0 Å². The minimum atomic E-state index is -2.45. The third kappa shape index (κ3) is 7.69. The van der Waals surface area contributed by atoms with Crippen molar-refractivity contribution in [3.05, 3.63) is 75.8 Å². The highest BCUT2D eigenvalue weighted by molar-refractivity contribution is 7.71. The maximum atomic E-state index is 11.5. The Kier molecular flexibility index (Phi) is 8.56. The van der Waals surface area contributed by atoms with E-state index in [0.717, 1.165) is 45.8 Å². The van der Waals surface area contributed by atoms with Gasteiger partial charge >= 0.3 is 0 Å². The number of aryl methyl sites for hydroxylation is 2. The normalized spacial score (nSPS) is 10.8. The first kappa shape index (κ1) is 24.4. The lowest BCUT2D eigenvalue weighted by Crippen LogP contribution is -2.25. The molecule has 3 aromatic rings. The molecule has 0 spiro atoms. The minimum Gasteiger partial charge on any atom is -0.359 e. The van der Waals surface area contributed by atoms with E-state index < -0.39 is 10.7 Å². The minimum absolute atomic E-state index is 0.0402. The van der Waals surface area contributed by atoms with Crippen LogP contribution < -0.4 is 16.0 Å². The molecule has 0 bridgehead atoms. The molecule has 2 aromatic carbocycles. The summed E-state index contributed by atoms with van der Waals surface area (Å²) in [6.07, 6.45) is 2.17. The van der Waals surface area contributed by atoms with E-state index in [9.17, 15) is 13.2 Å². The highest BCUT2D eigenvalue weighted by Gasteiger charge is 2.13. The summed E-state index contributed by atoms with van der Waals surface area (Å²) in [5.74, 6) is 0.113. The summed E-state index contributed by atoms with van der Waals surface area (Å²) in [6.45, 7) is 1.46. The van der Waals surface area contributed by atoms with E-state index in [2.05, 4.69) is 20.9 Å². The van der Waals surface area contributed by atoms with Gasteiger partial charge in [0.05, 0.1) is 11.4 Å². The molecule has 0 saturated heterocycles. The number of nitrogens with one attached hydrogen (secondary N) is 4. The first-order chi connectivity index (χ1) is 15.8. The third-order valence-corrected chi connectivity index (χ3v) is 6.52. The molecule has 8 nitrogen and oxygen atoms in total. The number of benzene rings is 2. The van der Waals surface area contributed by atoms with Gasteiger partial charge in [0.25, 0.3) is 0 Å². The molecule has 1 amide bonds. The Labute approximate surface area is 198 Å². The quantitative estimate of drug-likeness (QED) is 0.180. The fraction of sp³-hybridized carbons (Fsp3) is 0.261. The van der Waals surface area contributed by atoms with Gasteiger partial charge in [-0.2, -0.15) is 0 Å². The summed E-state index contributed by atoms with van der Waals surface area (Å²) in [6, 6.07) is 15.4. The second-order valence-corrected chi connectivity index (χ2v) is 9.57. The van der Waals surface area contributed by atoms with Crippen LogP contribution in [0, 0.1) is 5.41 Å². The highest BCUT2D eigenvalue weighted by Crippen LogP contribution is 2.27. The number of aromatic nitrogens is 1. The van der Waals surface area contributed by atoms with Gasteiger partial charge in [-0.05, 0) is 41.7 Å². The van der Waals surface area contributed by atoms with Crippen molar-refractivity contribution < 1.29 is 13.2 Å². The molecule has 10 heteroatoms. The fourth-order valence-electron chi connectivity index (χ4n) is 3.24. The van der Waals surface area contributed by atoms with E-state index in [0.29, 0.717) is 11.6 Å². The maximum absolute atomic E-state index is 11.5. The second-order valence-electron chi connectivity index (χ2n) is 7.50. The summed E-state index contributed by atoms with van der Waals surface area (Å²) in [4.78, 5) is 17.2. The average molecular weight is 486 g/mol. The second kappa shape index (κ2) is 11.6. The van der Waals surface area contributed by atoms with Crippen LogP contribution in [0.4, 0.5) is 10.8 Å². The van der Waals surface area contributed by atoms with Crippen molar-refractivity contribution in [1.82, 2.24) is 10.3 Å². The molecule has 174 valence electrons. The van der Waals surface area contributed by atoms with Crippen LogP contribution in [-0.4, -0.2) is 32.3 Å². The zero-order valence-electron chi connectivity index (χ0n) is 18.5. The standard InChI is InChI=1S/C23H27N5O3S2/c1-15(29)26-23-28-20(12-9-16-7-10-19(11-8-16)27-22(24)25-2)21(32-23)13-17-3-5-18(6-4-17)14-33(30)31/h3-8,10-11,33H,9,12-14H2,1-2H3,(H3,24,25,27)(H,26,28,29). The smallest absolute Gasteiger partial charge is 0.223 e. The summed E-state index contributed by atoms with van der Waals surface area (Å²) in [5, 5.41) is 16.7. The van der Waals surface area contributed by atoms with Crippen LogP contribution in [0.15, 0.2) is 48.5 Å². The van der Waals surface area contributed by atoms with Crippen LogP contribution in [-0.2, 0) is 40.5 Å². The van der Waals surface area contributed by atoms with E-state index in [4.69, 9.17) is 5.41 Å². The van der Waals surface area contributed by atoms with Gasteiger partial charge in [-0.1, -0.05) is 36.4 Å². The Morgan fingerprint density at radius 2 is 1.61 bits per heavy atom. The Hall–Kier alpha value is -3.24. The summed E-state index contributed by atoms with van der Waals surface area (Å²) in [5.41, 5.74) is 4.75. The predicted molar refractivity (Wildman–Crippen MR) is 134 cm³/mol. The number of anilines is 2. The molecule has 0 saturated carbocycles. The summed E-state index contributed by atoms with van der Waals surface area (Å²) < 4.78 is 21.9. The molecule has 1 heterocycles. The van der Waals surface area contributed by atoms with Crippen molar-refractivity contribution in [1.29, 1.82) is 5.41 Å². The number of nitrogens with zero attached hydrogens (tertiary/aromatic N) is 1. The van der Waals surface area contributed by atoms with Gasteiger partial charge in [0.1, 0.15) is 10.7 Å². The number of hydrogen-bond acceptors (Lipinski definition) is 6. The van der Waals surface area contributed by atoms with Crippen molar-refractivity contribution in [3.63, 3.8) is 0 Å². The molecule has 3 rings (SSSR count). The van der Waals surface area contributed by atoms with Crippen molar-refractivity contribution in [2.45, 2.75) is 31.9 Å². The lowest BCUT2D eigenvalue weighted by Gasteiger charge is -2.08. The maximum Gasteiger partial charge on any atom is 0.223 e. The molecule has 4 N–H and O–H groups in total. The number of amides is 1. The number of carbonyl (C=O) groups is 1. The molecule has 0 aliphatic rings. The largest absolute Gasteiger partial charge is 0.359 e. The number of rotatable bonds is 9. The Morgan fingerprint density at radius 3 is 2.21 bits per heavy atom. The van der Waals surface area contributed by atoms with Gasteiger partial charge in [-0.15, -0.1) is 11.3 Å². The molecule has 0 radical (unpaired) electrons. The molecule has 0 fully saturated rings. The van der Waals surface area contributed by atoms with Crippen molar-refractivity contribution >= 4 is 44.7 Å². The van der Waals surface area contributed by atoms with Crippen molar-refractivity contribution in [2.75, 3.05) is 17.7 Å². The number of carbonyl (C=O) groups excluding carboxylic acids is 1. The SMILES string of the molecule is CNC(=N)Nc1ccc(CCc2nc(NC(C)=O)sc2Cc2ccc(C[SH](=O)=O)cc2)cc1. The number of hydrogen-bond donors (Lipinski definition) is 5. The van der Waals surface area contributed by atoms with Gasteiger partial charge in [-0.3, -0.25) is 10.2 Å². The summed E-state index contributed by atoms with van der Waals surface area (Å²) in [7, 11) is -0.757. The molecule has 0 aliphatic carbocycles. The molecule has 0 unspecified atom stereocenters. The number of guanidine groups is 1. The van der Waals surface area contributed by atoms with Gasteiger partial charge < -0.3 is 16.0 Å². The van der Waals surface area contributed by atoms with Gasteiger partial charge in [0, 0.05) is 31.0 Å². The molecular formula is C23H27N5O3S2. The zero-order valence-corrected chi connectivity index (χ0v) is 20.2. The van der Waals surface area contributed by atoms with Crippen molar-refractivity contribution in [3.8, 4) is 0 Å². The molecule has 33 heavy (non-hydrogen) atoms. The van der Waals surface area contributed by atoms with E-state index in [1.165, 1.54) is 18.3 Å². The van der Waals surface area contributed by atoms with E-state index in [-0.39, 0.29) is 17.6 Å². The first-order valence-corrected chi connectivity index (χ1v) is 12.6. The van der Waals surface area contributed by atoms with Crippen LogP contribution in [0.3, 0.4) is 0 Å². The fourth-order valence-corrected chi connectivity index (χ4v) is 4.84. The van der Waals surface area contributed by atoms with E-state index in [1.807, 2.05) is 48.5 Å². The monoisotopic (exact) mass is 485 g/mol. The lowest BCUT2D eigenvalue weighted by atomic mass is 10.0. The summed E-state index contributed by atoms with van der Waals surface area (Å²) >= 11 is 1.46. The average Bonchev–Trinajstić information content (AvgIpc) is 3.14. The third-order valence-electron chi connectivity index (χ3n) is 4.88. The number of thiazole rings is 1. The zero-order chi connectivity index (χ0) is 23.8. The number of thiol groups is 1. The molecular weight excluding hydrogens is 458 g/mol. The van der Waals surface area contributed by atoms with E-state index in [1.54, 1.807) is 7.05 Å². The van der Waals surface area contributed by atoms with E-state index >= 15 is 0 Å². The lowest BCUT2D eigenvalue weighted by molar-refractivity contribution is -0.114. The highest BCUT2D eigenvalue weighted by atomic mass is 32.2. The van der Waals surface area contributed by atoms with Crippen LogP contribution in [0.5, 0.6) is 0 Å².